The molecule has 8 nitrogen and oxygen atoms in total. The van der Waals surface area contributed by atoms with E-state index in [4.69, 9.17) is 0 Å². The number of carboxylic acids is 1. The van der Waals surface area contributed by atoms with Crippen LogP contribution in [0.3, 0.4) is 0 Å². The topological polar surface area (TPSA) is 105 Å². The Hall–Kier alpha value is -2.90. The number of carbonyl (C=O) groups excluding carboxylic acids is 2. The third-order valence-electron chi connectivity index (χ3n) is 3.30. The fourth-order valence-corrected chi connectivity index (χ4v) is 2.37. The number of fused-ring (bicyclic) bond motifs is 1. The highest BCUT2D eigenvalue weighted by atomic mass is 16.4. The molecule has 0 radical (unpaired) electrons. The molecule has 0 atom stereocenters. The van der Waals surface area contributed by atoms with Crippen molar-refractivity contribution in [1.82, 2.24) is 15.1 Å². The van der Waals surface area contributed by atoms with Gasteiger partial charge in [0.2, 0.25) is 5.91 Å². The van der Waals surface area contributed by atoms with E-state index in [1.54, 1.807) is 19.3 Å². The van der Waals surface area contributed by atoms with Gasteiger partial charge in [0, 0.05) is 37.3 Å². The summed E-state index contributed by atoms with van der Waals surface area (Å²) in [6.07, 6.45) is 1.86. The van der Waals surface area contributed by atoms with E-state index in [9.17, 15) is 19.5 Å². The first-order chi connectivity index (χ1) is 9.95. The van der Waals surface area contributed by atoms with Crippen molar-refractivity contribution in [3.8, 4) is 0 Å². The second-order valence-corrected chi connectivity index (χ2v) is 4.79. The van der Waals surface area contributed by atoms with E-state index in [0.29, 0.717) is 16.6 Å². The Bertz CT molecular complexity index is 780. The first kappa shape index (κ1) is 13.1. The van der Waals surface area contributed by atoms with Crippen molar-refractivity contribution < 1.29 is 19.5 Å². The van der Waals surface area contributed by atoms with Crippen LogP contribution in [0.1, 0.15) is 16.8 Å². The van der Waals surface area contributed by atoms with Gasteiger partial charge >= 0.3 is 12.0 Å². The van der Waals surface area contributed by atoms with E-state index >= 15 is 0 Å². The van der Waals surface area contributed by atoms with E-state index < -0.39 is 12.0 Å². The van der Waals surface area contributed by atoms with E-state index in [2.05, 4.69) is 10.4 Å². The molecule has 1 fully saturated rings. The quantitative estimate of drug-likeness (QED) is 0.847. The maximum absolute atomic E-state index is 11.9. The molecule has 3 rings (SSSR count). The molecule has 8 heteroatoms. The van der Waals surface area contributed by atoms with Crippen molar-refractivity contribution in [2.45, 2.75) is 6.42 Å². The van der Waals surface area contributed by atoms with Gasteiger partial charge in [-0.3, -0.25) is 19.7 Å². The number of aryl methyl sites for hydroxylation is 1. The van der Waals surface area contributed by atoms with E-state index in [1.165, 1.54) is 15.6 Å². The number of aromatic carboxylic acids is 1. The molecule has 1 aliphatic rings. The first-order valence-corrected chi connectivity index (χ1v) is 6.28. The number of nitrogens with one attached hydrogen (secondary N) is 1. The molecule has 1 aromatic heterocycles. The van der Waals surface area contributed by atoms with E-state index in [1.807, 2.05) is 0 Å². The third kappa shape index (κ3) is 2.20. The summed E-state index contributed by atoms with van der Waals surface area (Å²) in [6.45, 7) is 0.218. The van der Waals surface area contributed by atoms with Crippen LogP contribution in [0.4, 0.5) is 10.5 Å². The van der Waals surface area contributed by atoms with E-state index in [0.717, 1.165) is 0 Å². The van der Waals surface area contributed by atoms with Crippen molar-refractivity contribution in [3.05, 3.63) is 23.9 Å². The largest absolute Gasteiger partial charge is 0.478 e. The molecular formula is C13H12N4O4. The minimum Gasteiger partial charge on any atom is -0.478 e. The van der Waals surface area contributed by atoms with Gasteiger partial charge in [0.1, 0.15) is 5.52 Å². The molecule has 0 aliphatic carbocycles. The van der Waals surface area contributed by atoms with Gasteiger partial charge in [-0.15, -0.1) is 0 Å². The Morgan fingerprint density at radius 2 is 2.14 bits per heavy atom. The predicted octanol–water partition coefficient (Wildman–Crippen LogP) is 0.718. The number of carbonyl (C=O) groups is 3. The van der Waals surface area contributed by atoms with Crippen molar-refractivity contribution in [1.29, 1.82) is 0 Å². The van der Waals surface area contributed by atoms with Crippen molar-refractivity contribution >= 4 is 34.5 Å². The number of carboxylic acid groups (broad SMARTS) is 1. The molecule has 3 amide bonds. The number of imide groups is 1. The third-order valence-corrected chi connectivity index (χ3v) is 3.30. The van der Waals surface area contributed by atoms with Crippen molar-refractivity contribution in [2.75, 3.05) is 11.4 Å². The highest BCUT2D eigenvalue weighted by Crippen LogP contribution is 2.26. The lowest BCUT2D eigenvalue weighted by Crippen LogP contribution is -2.49. The van der Waals surface area contributed by atoms with Gasteiger partial charge in [-0.05, 0) is 12.1 Å². The highest BCUT2D eigenvalue weighted by molar-refractivity contribution is 6.09. The number of hydrogen-bond acceptors (Lipinski definition) is 4. The predicted molar refractivity (Wildman–Crippen MR) is 73.2 cm³/mol. The Balaban J connectivity index is 2.13. The Kier molecular flexibility index (Phi) is 2.86. The van der Waals surface area contributed by atoms with Gasteiger partial charge in [0.15, 0.2) is 0 Å². The zero-order valence-electron chi connectivity index (χ0n) is 11.2. The summed E-state index contributed by atoms with van der Waals surface area (Å²) < 4.78 is 1.51. The van der Waals surface area contributed by atoms with Gasteiger partial charge in [-0.2, -0.15) is 5.10 Å². The lowest BCUT2D eigenvalue weighted by Gasteiger charge is -2.26. The average molecular weight is 288 g/mol. The summed E-state index contributed by atoms with van der Waals surface area (Å²) in [5, 5.41) is 16.2. The van der Waals surface area contributed by atoms with Gasteiger partial charge in [-0.25, -0.2) is 9.59 Å². The monoisotopic (exact) mass is 288 g/mol. The maximum Gasteiger partial charge on any atom is 0.338 e. The normalized spacial score (nSPS) is 15.4. The van der Waals surface area contributed by atoms with Gasteiger partial charge < -0.3 is 5.11 Å². The van der Waals surface area contributed by atoms with Crippen LogP contribution in [0.25, 0.3) is 10.9 Å². The van der Waals surface area contributed by atoms with E-state index in [-0.39, 0.29) is 24.4 Å². The van der Waals surface area contributed by atoms with Crippen LogP contribution in [0.5, 0.6) is 0 Å². The maximum atomic E-state index is 11.9. The fraction of sp³-hybridized carbons (Fsp3) is 0.231. The van der Waals surface area contributed by atoms with Gasteiger partial charge in [-0.1, -0.05) is 0 Å². The second kappa shape index (κ2) is 4.58. The summed E-state index contributed by atoms with van der Waals surface area (Å²) in [4.78, 5) is 35.7. The number of benzene rings is 1. The minimum atomic E-state index is -1.12. The zero-order chi connectivity index (χ0) is 15.1. The number of nitrogens with zero attached hydrogens (tertiary/aromatic N) is 3. The summed E-state index contributed by atoms with van der Waals surface area (Å²) in [5.41, 5.74) is 0.813. The summed E-state index contributed by atoms with van der Waals surface area (Å²) in [6, 6.07) is 2.53. The fourth-order valence-electron chi connectivity index (χ4n) is 2.37. The molecule has 2 aromatic rings. The van der Waals surface area contributed by atoms with Crippen molar-refractivity contribution in [2.24, 2.45) is 7.05 Å². The lowest BCUT2D eigenvalue weighted by molar-refractivity contribution is -0.120. The van der Waals surface area contributed by atoms with Crippen LogP contribution >= 0.6 is 0 Å². The van der Waals surface area contributed by atoms with Crippen LogP contribution in [-0.4, -0.2) is 39.3 Å². The standard InChI is InChI=1S/C13H12N4O4/c1-16-6-7-4-8(5-9(12(19)20)11(7)15-16)17-3-2-10(18)14-13(17)21/h4-6H,2-3H2,1H3,(H,19,20)(H,14,18,21). The molecule has 1 aromatic carbocycles. The number of aromatic nitrogens is 2. The second-order valence-electron chi connectivity index (χ2n) is 4.79. The molecule has 0 spiro atoms. The molecule has 1 saturated heterocycles. The number of hydrogen-bond donors (Lipinski definition) is 2. The Morgan fingerprint density at radius 3 is 2.81 bits per heavy atom. The van der Waals surface area contributed by atoms with Crippen molar-refractivity contribution in [3.63, 3.8) is 0 Å². The lowest BCUT2D eigenvalue weighted by atomic mass is 10.1. The molecule has 1 aliphatic heterocycles. The van der Waals surface area contributed by atoms with Crippen LogP contribution in [0, 0.1) is 0 Å². The molecule has 108 valence electrons. The van der Waals surface area contributed by atoms with Crippen LogP contribution < -0.4 is 10.2 Å². The van der Waals surface area contributed by atoms with Gasteiger partial charge in [0.25, 0.3) is 0 Å². The number of amides is 3. The first-order valence-electron chi connectivity index (χ1n) is 6.28. The highest BCUT2D eigenvalue weighted by Gasteiger charge is 2.26. The van der Waals surface area contributed by atoms with Crippen LogP contribution in [-0.2, 0) is 11.8 Å². The minimum absolute atomic E-state index is 0.0211. The summed E-state index contributed by atoms with van der Waals surface area (Å²) >= 11 is 0. The Labute approximate surface area is 118 Å². The molecule has 0 unspecified atom stereocenters. The molecule has 21 heavy (non-hydrogen) atoms. The van der Waals surface area contributed by atoms with Gasteiger partial charge in [0.05, 0.1) is 5.56 Å². The smallest absolute Gasteiger partial charge is 0.338 e. The summed E-state index contributed by atoms with van der Waals surface area (Å²) in [7, 11) is 1.69. The molecule has 2 heterocycles. The van der Waals surface area contributed by atoms with Crippen LogP contribution in [0.2, 0.25) is 0 Å². The SMILES string of the molecule is Cn1cc2cc(N3CCC(=O)NC3=O)cc(C(=O)O)c2n1. The number of urea groups is 1. The molecule has 0 saturated carbocycles. The zero-order valence-corrected chi connectivity index (χ0v) is 11.2. The average Bonchev–Trinajstić information content (AvgIpc) is 2.77. The Morgan fingerprint density at radius 1 is 1.38 bits per heavy atom. The molecule has 0 bridgehead atoms. The van der Waals surface area contributed by atoms with Crippen LogP contribution in [0.15, 0.2) is 18.3 Å². The molecule has 2 N–H and O–H groups in total. The number of anilines is 1. The molecular weight excluding hydrogens is 276 g/mol. The number of rotatable bonds is 2. The summed E-state index contributed by atoms with van der Waals surface area (Å²) in [5.74, 6) is -1.45.